The molecule has 6 nitrogen and oxygen atoms in total. The number of nitrogens with zero attached hydrogens (tertiary/aromatic N) is 1. The molecule has 1 fully saturated rings. The summed E-state index contributed by atoms with van der Waals surface area (Å²) in [6, 6.07) is 0.120. The SMILES string of the molecule is CCCNc1nc(N)c(C(=O)NC2CCOC(C)(C)C2)s1. The maximum atomic E-state index is 12.3. The van der Waals surface area contributed by atoms with Crippen LogP contribution in [0.1, 0.15) is 49.7 Å². The molecule has 0 saturated carbocycles. The van der Waals surface area contributed by atoms with Crippen molar-refractivity contribution in [2.24, 2.45) is 0 Å². The van der Waals surface area contributed by atoms with Crippen molar-refractivity contribution in [2.45, 2.75) is 51.7 Å². The number of amides is 1. The van der Waals surface area contributed by atoms with Gasteiger partial charge in [0, 0.05) is 19.2 Å². The average molecular weight is 312 g/mol. The first kappa shape index (κ1) is 16.0. The van der Waals surface area contributed by atoms with Gasteiger partial charge in [-0.3, -0.25) is 4.79 Å². The summed E-state index contributed by atoms with van der Waals surface area (Å²) in [5.41, 5.74) is 5.66. The van der Waals surface area contributed by atoms with Crippen LogP contribution in [0.25, 0.3) is 0 Å². The Kier molecular flexibility index (Phi) is 5.05. The van der Waals surface area contributed by atoms with Crippen LogP contribution >= 0.6 is 11.3 Å². The fourth-order valence-corrected chi connectivity index (χ4v) is 3.22. The lowest BCUT2D eigenvalue weighted by Crippen LogP contribution is -2.45. The molecule has 1 unspecified atom stereocenters. The van der Waals surface area contributed by atoms with Crippen LogP contribution < -0.4 is 16.4 Å². The van der Waals surface area contributed by atoms with Crippen molar-refractivity contribution in [1.82, 2.24) is 10.3 Å². The highest BCUT2D eigenvalue weighted by molar-refractivity contribution is 7.18. The Morgan fingerprint density at radius 3 is 3.00 bits per heavy atom. The number of aromatic nitrogens is 1. The zero-order valence-corrected chi connectivity index (χ0v) is 13.7. The predicted molar refractivity (Wildman–Crippen MR) is 85.8 cm³/mol. The summed E-state index contributed by atoms with van der Waals surface area (Å²) in [6.45, 7) is 7.64. The fraction of sp³-hybridized carbons (Fsp3) is 0.714. The normalized spacial score (nSPS) is 21.0. The maximum absolute atomic E-state index is 12.3. The minimum Gasteiger partial charge on any atom is -0.382 e. The molecular weight excluding hydrogens is 288 g/mol. The number of carbonyl (C=O) groups is 1. The number of nitrogens with one attached hydrogen (secondary N) is 2. The number of ether oxygens (including phenoxy) is 1. The molecule has 0 radical (unpaired) electrons. The Bertz CT molecular complexity index is 501. The van der Waals surface area contributed by atoms with Crippen molar-refractivity contribution in [3.8, 4) is 0 Å². The summed E-state index contributed by atoms with van der Waals surface area (Å²) in [7, 11) is 0. The second-order valence-corrected chi connectivity index (χ2v) is 6.93. The first-order valence-electron chi connectivity index (χ1n) is 7.36. The monoisotopic (exact) mass is 312 g/mol. The van der Waals surface area contributed by atoms with E-state index in [2.05, 4.69) is 22.5 Å². The van der Waals surface area contributed by atoms with Gasteiger partial charge in [0.05, 0.1) is 5.60 Å². The van der Waals surface area contributed by atoms with Crippen LogP contribution in [-0.2, 0) is 4.74 Å². The minimum absolute atomic E-state index is 0.120. The number of hydrogen-bond acceptors (Lipinski definition) is 6. The molecule has 1 amide bonds. The van der Waals surface area contributed by atoms with Crippen LogP contribution in [-0.4, -0.2) is 35.7 Å². The van der Waals surface area contributed by atoms with Gasteiger partial charge >= 0.3 is 0 Å². The molecular formula is C14H24N4O2S. The zero-order chi connectivity index (χ0) is 15.5. The van der Waals surface area contributed by atoms with Crippen LogP contribution in [0.2, 0.25) is 0 Å². The smallest absolute Gasteiger partial charge is 0.265 e. The number of nitrogen functional groups attached to an aromatic ring is 1. The van der Waals surface area contributed by atoms with Crippen molar-refractivity contribution < 1.29 is 9.53 Å². The molecule has 0 bridgehead atoms. The van der Waals surface area contributed by atoms with E-state index in [0.29, 0.717) is 22.4 Å². The van der Waals surface area contributed by atoms with Crippen LogP contribution in [0.5, 0.6) is 0 Å². The third kappa shape index (κ3) is 4.31. The van der Waals surface area contributed by atoms with Crippen molar-refractivity contribution in [3.05, 3.63) is 4.88 Å². The van der Waals surface area contributed by atoms with Gasteiger partial charge in [0.25, 0.3) is 5.91 Å². The quantitative estimate of drug-likeness (QED) is 0.776. The molecule has 0 aliphatic carbocycles. The molecule has 2 heterocycles. The number of rotatable bonds is 5. The van der Waals surface area contributed by atoms with Crippen LogP contribution in [0.15, 0.2) is 0 Å². The standard InChI is InChI=1S/C14H24N4O2S/c1-4-6-16-13-18-11(15)10(21-13)12(19)17-9-5-7-20-14(2,3)8-9/h9H,4-8,15H2,1-3H3,(H,16,18)(H,17,19). The Labute approximate surface area is 129 Å². The van der Waals surface area contributed by atoms with Crippen LogP contribution in [0, 0.1) is 0 Å². The maximum Gasteiger partial charge on any atom is 0.265 e. The molecule has 7 heteroatoms. The Morgan fingerprint density at radius 1 is 1.57 bits per heavy atom. The Morgan fingerprint density at radius 2 is 2.33 bits per heavy atom. The largest absolute Gasteiger partial charge is 0.382 e. The fourth-order valence-electron chi connectivity index (χ4n) is 2.41. The third-order valence-corrected chi connectivity index (χ3v) is 4.45. The van der Waals surface area contributed by atoms with Gasteiger partial charge in [-0.25, -0.2) is 4.98 Å². The van der Waals surface area contributed by atoms with E-state index in [-0.39, 0.29) is 17.6 Å². The first-order valence-corrected chi connectivity index (χ1v) is 8.18. The lowest BCUT2D eigenvalue weighted by molar-refractivity contribution is -0.0615. The van der Waals surface area contributed by atoms with Gasteiger partial charge in [-0.05, 0) is 33.1 Å². The van der Waals surface area contributed by atoms with Crippen molar-refractivity contribution in [2.75, 3.05) is 24.2 Å². The molecule has 1 aliphatic rings. The number of anilines is 2. The lowest BCUT2D eigenvalue weighted by Gasteiger charge is -2.35. The number of thiazole rings is 1. The van der Waals surface area contributed by atoms with E-state index in [0.717, 1.165) is 25.8 Å². The van der Waals surface area contributed by atoms with E-state index in [9.17, 15) is 4.79 Å². The predicted octanol–water partition coefficient (Wildman–Crippen LogP) is 2.23. The van der Waals surface area contributed by atoms with E-state index >= 15 is 0 Å². The molecule has 21 heavy (non-hydrogen) atoms. The van der Waals surface area contributed by atoms with Gasteiger partial charge in [0.15, 0.2) is 5.13 Å². The van der Waals surface area contributed by atoms with Crippen LogP contribution in [0.3, 0.4) is 0 Å². The number of hydrogen-bond donors (Lipinski definition) is 3. The van der Waals surface area contributed by atoms with Crippen molar-refractivity contribution >= 4 is 28.2 Å². The Balaban J connectivity index is 1.98. The Hall–Kier alpha value is -1.34. The molecule has 1 saturated heterocycles. The molecule has 1 aromatic rings. The summed E-state index contributed by atoms with van der Waals surface area (Å²) >= 11 is 1.31. The summed E-state index contributed by atoms with van der Waals surface area (Å²) in [5, 5.41) is 6.90. The van der Waals surface area contributed by atoms with Gasteiger partial charge in [0.2, 0.25) is 0 Å². The molecule has 1 aromatic heterocycles. The molecule has 4 N–H and O–H groups in total. The summed E-state index contributed by atoms with van der Waals surface area (Å²) < 4.78 is 5.66. The van der Waals surface area contributed by atoms with E-state index < -0.39 is 0 Å². The lowest BCUT2D eigenvalue weighted by atomic mass is 9.94. The average Bonchev–Trinajstić information content (AvgIpc) is 2.76. The molecule has 118 valence electrons. The van der Waals surface area contributed by atoms with Crippen molar-refractivity contribution in [3.63, 3.8) is 0 Å². The van der Waals surface area contributed by atoms with E-state index in [1.807, 2.05) is 13.8 Å². The highest BCUT2D eigenvalue weighted by Gasteiger charge is 2.30. The second-order valence-electron chi connectivity index (χ2n) is 5.93. The van der Waals surface area contributed by atoms with Gasteiger partial charge in [-0.15, -0.1) is 0 Å². The zero-order valence-electron chi connectivity index (χ0n) is 12.9. The summed E-state index contributed by atoms with van der Waals surface area (Å²) in [5.74, 6) is 0.152. The van der Waals surface area contributed by atoms with E-state index in [4.69, 9.17) is 10.5 Å². The topological polar surface area (TPSA) is 89.3 Å². The summed E-state index contributed by atoms with van der Waals surface area (Å²) in [4.78, 5) is 17.0. The highest BCUT2D eigenvalue weighted by atomic mass is 32.1. The molecule has 2 rings (SSSR count). The molecule has 1 atom stereocenters. The minimum atomic E-state index is -0.191. The second kappa shape index (κ2) is 6.62. The molecule has 0 aromatic carbocycles. The third-order valence-electron chi connectivity index (χ3n) is 3.42. The summed E-state index contributed by atoms with van der Waals surface area (Å²) in [6.07, 6.45) is 2.63. The van der Waals surface area contributed by atoms with Gasteiger partial charge in [-0.1, -0.05) is 18.3 Å². The van der Waals surface area contributed by atoms with E-state index in [1.54, 1.807) is 0 Å². The number of carbonyl (C=O) groups excluding carboxylic acids is 1. The highest BCUT2D eigenvalue weighted by Crippen LogP contribution is 2.27. The van der Waals surface area contributed by atoms with Gasteiger partial charge in [-0.2, -0.15) is 0 Å². The van der Waals surface area contributed by atoms with Crippen molar-refractivity contribution in [1.29, 1.82) is 0 Å². The molecule has 1 aliphatic heterocycles. The van der Waals surface area contributed by atoms with E-state index in [1.165, 1.54) is 11.3 Å². The first-order chi connectivity index (χ1) is 9.91. The van der Waals surface area contributed by atoms with Crippen LogP contribution in [0.4, 0.5) is 10.9 Å². The number of nitrogens with two attached hydrogens (primary N) is 1. The van der Waals surface area contributed by atoms with Gasteiger partial charge < -0.3 is 21.1 Å². The molecule has 0 spiro atoms. The van der Waals surface area contributed by atoms with Gasteiger partial charge in [0.1, 0.15) is 10.7 Å².